The molecule has 0 radical (unpaired) electrons. The molecule has 2 rings (SSSR count). The van der Waals surface area contributed by atoms with E-state index in [9.17, 15) is 4.39 Å². The van der Waals surface area contributed by atoms with Gasteiger partial charge in [0.05, 0.1) is 10.4 Å². The Labute approximate surface area is 124 Å². The molecule has 0 bridgehead atoms. The molecule has 0 aliphatic rings. The number of benzene rings is 2. The van der Waals surface area contributed by atoms with Crippen molar-refractivity contribution in [3.63, 3.8) is 0 Å². The van der Waals surface area contributed by atoms with Gasteiger partial charge in [0.15, 0.2) is 0 Å². The summed E-state index contributed by atoms with van der Waals surface area (Å²) in [7, 11) is 0. The first-order chi connectivity index (χ1) is 8.58. The molecule has 94 valence electrons. The standard InChI is InChI=1S/C14H10BrCl2F/c15-12-3-1-2-11(14(12)17)13(16)8-9-4-6-10(18)7-5-9/h1-7,13H,8H2. The number of alkyl halides is 1. The van der Waals surface area contributed by atoms with Crippen LogP contribution in [0.25, 0.3) is 0 Å². The van der Waals surface area contributed by atoms with Gasteiger partial charge in [0.1, 0.15) is 5.82 Å². The summed E-state index contributed by atoms with van der Waals surface area (Å²) in [5, 5.41) is 0.389. The predicted molar refractivity (Wildman–Crippen MR) is 77.9 cm³/mol. The summed E-state index contributed by atoms with van der Waals surface area (Å²) in [5.74, 6) is -0.245. The Kier molecular flexibility index (Phi) is 4.66. The maximum atomic E-state index is 12.8. The topological polar surface area (TPSA) is 0 Å². The van der Waals surface area contributed by atoms with E-state index in [-0.39, 0.29) is 11.2 Å². The van der Waals surface area contributed by atoms with Crippen LogP contribution in [0.1, 0.15) is 16.5 Å². The van der Waals surface area contributed by atoms with Crippen molar-refractivity contribution in [2.75, 3.05) is 0 Å². The average Bonchev–Trinajstić information content (AvgIpc) is 2.35. The minimum atomic E-state index is -0.245. The van der Waals surface area contributed by atoms with Crippen LogP contribution in [0.4, 0.5) is 4.39 Å². The number of halogens is 4. The molecule has 18 heavy (non-hydrogen) atoms. The van der Waals surface area contributed by atoms with E-state index >= 15 is 0 Å². The fourth-order valence-corrected chi connectivity index (χ4v) is 2.75. The molecule has 0 aliphatic carbocycles. The largest absolute Gasteiger partial charge is 0.207 e. The van der Waals surface area contributed by atoms with Gasteiger partial charge in [0.25, 0.3) is 0 Å². The van der Waals surface area contributed by atoms with Gasteiger partial charge in [0, 0.05) is 4.47 Å². The highest BCUT2D eigenvalue weighted by Gasteiger charge is 2.14. The lowest BCUT2D eigenvalue weighted by atomic mass is 10.0. The first kappa shape index (κ1) is 13.9. The molecule has 0 saturated heterocycles. The van der Waals surface area contributed by atoms with Crippen LogP contribution in [0.2, 0.25) is 5.02 Å². The molecule has 0 heterocycles. The fraction of sp³-hybridized carbons (Fsp3) is 0.143. The van der Waals surface area contributed by atoms with E-state index in [0.29, 0.717) is 11.4 Å². The van der Waals surface area contributed by atoms with Crippen molar-refractivity contribution >= 4 is 39.1 Å². The van der Waals surface area contributed by atoms with Crippen molar-refractivity contribution in [3.05, 3.63) is 68.9 Å². The van der Waals surface area contributed by atoms with E-state index in [0.717, 1.165) is 15.6 Å². The van der Waals surface area contributed by atoms with Crippen LogP contribution >= 0.6 is 39.1 Å². The third-order valence-corrected chi connectivity index (χ3v) is 4.35. The summed E-state index contributed by atoms with van der Waals surface area (Å²) in [6.07, 6.45) is 0.609. The lowest BCUT2D eigenvalue weighted by Crippen LogP contribution is -1.97. The fourth-order valence-electron chi connectivity index (χ4n) is 1.70. The third-order valence-electron chi connectivity index (χ3n) is 2.65. The second-order valence-electron chi connectivity index (χ2n) is 3.94. The zero-order chi connectivity index (χ0) is 13.1. The molecule has 2 aromatic carbocycles. The van der Waals surface area contributed by atoms with E-state index < -0.39 is 0 Å². The molecule has 4 heteroatoms. The zero-order valence-corrected chi connectivity index (χ0v) is 12.4. The Morgan fingerprint density at radius 2 is 1.78 bits per heavy atom. The summed E-state index contributed by atoms with van der Waals surface area (Å²) < 4.78 is 13.6. The van der Waals surface area contributed by atoms with Gasteiger partial charge in [-0.15, -0.1) is 11.6 Å². The SMILES string of the molecule is Fc1ccc(CC(Cl)c2cccc(Br)c2Cl)cc1. The molecule has 0 amide bonds. The van der Waals surface area contributed by atoms with E-state index in [1.54, 1.807) is 12.1 Å². The Morgan fingerprint density at radius 3 is 2.44 bits per heavy atom. The molecule has 0 spiro atoms. The number of rotatable bonds is 3. The summed E-state index contributed by atoms with van der Waals surface area (Å²) in [6.45, 7) is 0. The van der Waals surface area contributed by atoms with Crippen LogP contribution in [-0.4, -0.2) is 0 Å². The Morgan fingerprint density at radius 1 is 1.11 bits per heavy atom. The van der Waals surface area contributed by atoms with Crippen LogP contribution < -0.4 is 0 Å². The molecular weight excluding hydrogens is 338 g/mol. The van der Waals surface area contributed by atoms with Crippen LogP contribution in [-0.2, 0) is 6.42 Å². The monoisotopic (exact) mass is 346 g/mol. The van der Waals surface area contributed by atoms with Crippen molar-refractivity contribution in [1.82, 2.24) is 0 Å². The zero-order valence-electron chi connectivity index (χ0n) is 9.34. The van der Waals surface area contributed by atoms with Crippen molar-refractivity contribution in [2.45, 2.75) is 11.8 Å². The van der Waals surface area contributed by atoms with Gasteiger partial charge in [-0.2, -0.15) is 0 Å². The van der Waals surface area contributed by atoms with E-state index in [4.69, 9.17) is 23.2 Å². The second kappa shape index (κ2) is 6.05. The number of hydrogen-bond acceptors (Lipinski definition) is 0. The predicted octanol–water partition coefficient (Wildman–Crippen LogP) is 5.76. The minimum absolute atomic E-state index is 0.236. The molecule has 0 nitrogen and oxygen atoms in total. The van der Waals surface area contributed by atoms with Gasteiger partial charge in [-0.05, 0) is 51.7 Å². The highest BCUT2D eigenvalue weighted by Crippen LogP contribution is 2.35. The van der Waals surface area contributed by atoms with Gasteiger partial charge in [0.2, 0.25) is 0 Å². The normalized spacial score (nSPS) is 12.4. The van der Waals surface area contributed by atoms with Crippen LogP contribution in [0.5, 0.6) is 0 Å². The Bertz CT molecular complexity index is 540. The van der Waals surface area contributed by atoms with Crippen molar-refractivity contribution in [2.24, 2.45) is 0 Å². The second-order valence-corrected chi connectivity index (χ2v) is 5.70. The molecule has 2 aromatic rings. The van der Waals surface area contributed by atoms with Gasteiger partial charge < -0.3 is 0 Å². The Hall–Kier alpha value is -0.570. The molecule has 0 N–H and O–H groups in total. The molecular formula is C14H10BrCl2F. The van der Waals surface area contributed by atoms with Gasteiger partial charge >= 0.3 is 0 Å². The van der Waals surface area contributed by atoms with Crippen LogP contribution in [0, 0.1) is 5.82 Å². The van der Waals surface area contributed by atoms with Gasteiger partial charge in [-0.25, -0.2) is 4.39 Å². The summed E-state index contributed by atoms with van der Waals surface area (Å²) in [5.41, 5.74) is 1.85. The van der Waals surface area contributed by atoms with Crippen LogP contribution in [0.15, 0.2) is 46.9 Å². The smallest absolute Gasteiger partial charge is 0.123 e. The Balaban J connectivity index is 2.19. The van der Waals surface area contributed by atoms with Crippen LogP contribution in [0.3, 0.4) is 0 Å². The highest BCUT2D eigenvalue weighted by molar-refractivity contribution is 9.10. The summed E-state index contributed by atoms with van der Waals surface area (Å²) in [4.78, 5) is 0. The minimum Gasteiger partial charge on any atom is -0.207 e. The van der Waals surface area contributed by atoms with E-state index in [1.807, 2.05) is 18.2 Å². The molecule has 0 fully saturated rings. The average molecular weight is 348 g/mol. The summed E-state index contributed by atoms with van der Waals surface area (Å²) in [6, 6.07) is 12.0. The van der Waals surface area contributed by atoms with Gasteiger partial charge in [-0.3, -0.25) is 0 Å². The first-order valence-corrected chi connectivity index (χ1v) is 7.01. The van der Waals surface area contributed by atoms with Crippen molar-refractivity contribution in [3.8, 4) is 0 Å². The quantitative estimate of drug-likeness (QED) is 0.619. The van der Waals surface area contributed by atoms with E-state index in [2.05, 4.69) is 15.9 Å². The van der Waals surface area contributed by atoms with Crippen molar-refractivity contribution < 1.29 is 4.39 Å². The van der Waals surface area contributed by atoms with Crippen molar-refractivity contribution in [1.29, 1.82) is 0 Å². The molecule has 1 atom stereocenters. The summed E-state index contributed by atoms with van der Waals surface area (Å²) >= 11 is 15.9. The first-order valence-electron chi connectivity index (χ1n) is 5.40. The molecule has 0 aromatic heterocycles. The highest BCUT2D eigenvalue weighted by atomic mass is 79.9. The van der Waals surface area contributed by atoms with Gasteiger partial charge in [-0.1, -0.05) is 35.9 Å². The maximum absolute atomic E-state index is 12.8. The maximum Gasteiger partial charge on any atom is 0.123 e. The number of hydrogen-bond donors (Lipinski definition) is 0. The molecule has 1 unspecified atom stereocenters. The lowest BCUT2D eigenvalue weighted by molar-refractivity contribution is 0.627. The molecule has 0 saturated carbocycles. The lowest BCUT2D eigenvalue weighted by Gasteiger charge is -2.12. The third kappa shape index (κ3) is 3.25. The van der Waals surface area contributed by atoms with E-state index in [1.165, 1.54) is 12.1 Å². The molecule has 0 aliphatic heterocycles.